The van der Waals surface area contributed by atoms with E-state index in [0.717, 1.165) is 31.7 Å². The Kier molecular flexibility index (Phi) is 7.06. The summed E-state index contributed by atoms with van der Waals surface area (Å²) in [6.45, 7) is 7.44. The molecule has 0 bridgehead atoms. The molecule has 0 spiro atoms. The van der Waals surface area contributed by atoms with Gasteiger partial charge in [0.25, 0.3) is 0 Å². The Morgan fingerprint density at radius 2 is 1.96 bits per heavy atom. The Balaban J connectivity index is 1.56. The van der Waals surface area contributed by atoms with E-state index < -0.39 is 0 Å². The zero-order valence-corrected chi connectivity index (χ0v) is 17.3. The Hall–Kier alpha value is -2.38. The molecule has 6 nitrogen and oxygen atoms in total. The van der Waals surface area contributed by atoms with Gasteiger partial charge in [-0.1, -0.05) is 13.8 Å². The second-order valence-electron chi connectivity index (χ2n) is 6.82. The van der Waals surface area contributed by atoms with Crippen molar-refractivity contribution < 1.29 is 9.59 Å². The lowest BCUT2D eigenvalue weighted by atomic mass is 10.1. The van der Waals surface area contributed by atoms with Crippen molar-refractivity contribution in [1.29, 1.82) is 0 Å². The molecular weight excluding hydrogens is 372 g/mol. The monoisotopic (exact) mass is 400 g/mol. The van der Waals surface area contributed by atoms with E-state index in [4.69, 9.17) is 0 Å². The van der Waals surface area contributed by atoms with Crippen molar-refractivity contribution in [3.8, 4) is 0 Å². The van der Waals surface area contributed by atoms with E-state index in [1.54, 1.807) is 16.2 Å². The highest BCUT2D eigenvalue weighted by atomic mass is 32.1. The molecule has 1 fully saturated rings. The minimum atomic E-state index is -0.225. The number of amides is 3. The summed E-state index contributed by atoms with van der Waals surface area (Å²) >= 11 is 1.67. The Morgan fingerprint density at radius 1 is 1.21 bits per heavy atom. The van der Waals surface area contributed by atoms with Crippen LogP contribution in [0.2, 0.25) is 0 Å². The van der Waals surface area contributed by atoms with Crippen LogP contribution in [-0.2, 0) is 4.79 Å². The average Bonchev–Trinajstić information content (AvgIpc) is 3.38. The first-order valence-corrected chi connectivity index (χ1v) is 10.8. The zero-order valence-electron chi connectivity index (χ0n) is 16.5. The summed E-state index contributed by atoms with van der Waals surface area (Å²) in [5, 5.41) is 10.1. The number of nitrogens with zero attached hydrogens (tertiary/aromatic N) is 2. The summed E-state index contributed by atoms with van der Waals surface area (Å²) in [6, 6.07) is 9.48. The number of rotatable bonds is 8. The Labute approximate surface area is 170 Å². The maximum Gasteiger partial charge on any atom is 0.319 e. The third-order valence-electron chi connectivity index (χ3n) is 5.15. The number of anilines is 2. The number of thiophene rings is 1. The highest BCUT2D eigenvalue weighted by Crippen LogP contribution is 2.24. The molecule has 1 aliphatic heterocycles. The zero-order chi connectivity index (χ0) is 19.9. The van der Waals surface area contributed by atoms with E-state index in [1.165, 1.54) is 5.56 Å². The summed E-state index contributed by atoms with van der Waals surface area (Å²) in [7, 11) is 0. The van der Waals surface area contributed by atoms with Crippen LogP contribution < -0.4 is 15.5 Å². The quantitative estimate of drug-likeness (QED) is 0.702. The number of nitrogens with one attached hydrogen (secondary N) is 2. The molecule has 2 heterocycles. The van der Waals surface area contributed by atoms with Gasteiger partial charge in [-0.2, -0.15) is 11.3 Å². The standard InChI is InChI=1S/C21H28N4O2S/c1-3-24(4-2)19(16-11-13-28-15-16)14-22-21(27)23-17-7-9-18(10-8-17)25-12-5-6-20(25)26/h7-11,13,15,19H,3-6,12,14H2,1-2H3,(H2,22,23,27). The molecule has 2 aromatic rings. The Bertz CT molecular complexity index is 772. The molecule has 1 atom stereocenters. The molecule has 1 unspecified atom stereocenters. The number of urea groups is 1. The summed E-state index contributed by atoms with van der Waals surface area (Å²) < 4.78 is 0. The third-order valence-corrected chi connectivity index (χ3v) is 5.85. The molecule has 3 amide bonds. The molecule has 7 heteroatoms. The number of hydrogen-bond donors (Lipinski definition) is 2. The predicted molar refractivity (Wildman–Crippen MR) is 115 cm³/mol. The Morgan fingerprint density at radius 3 is 2.54 bits per heavy atom. The van der Waals surface area contributed by atoms with Gasteiger partial charge in [-0.05, 0) is 66.2 Å². The molecule has 1 aromatic heterocycles. The van der Waals surface area contributed by atoms with Gasteiger partial charge in [0.1, 0.15) is 0 Å². The maximum atomic E-state index is 12.4. The van der Waals surface area contributed by atoms with E-state index in [1.807, 2.05) is 24.3 Å². The molecule has 28 heavy (non-hydrogen) atoms. The maximum absolute atomic E-state index is 12.4. The van der Waals surface area contributed by atoms with Gasteiger partial charge in [-0.3, -0.25) is 9.69 Å². The van der Waals surface area contributed by atoms with Crippen molar-refractivity contribution in [1.82, 2.24) is 10.2 Å². The van der Waals surface area contributed by atoms with E-state index >= 15 is 0 Å². The fourth-order valence-electron chi connectivity index (χ4n) is 3.60. The number of carbonyl (C=O) groups excluding carboxylic acids is 2. The van der Waals surface area contributed by atoms with Crippen LogP contribution in [-0.4, -0.2) is 43.0 Å². The van der Waals surface area contributed by atoms with Gasteiger partial charge in [0.05, 0.1) is 6.04 Å². The molecule has 2 N–H and O–H groups in total. The fraction of sp³-hybridized carbons (Fsp3) is 0.429. The molecule has 3 rings (SSSR count). The van der Waals surface area contributed by atoms with Crippen LogP contribution in [0, 0.1) is 0 Å². The first-order chi connectivity index (χ1) is 13.6. The van der Waals surface area contributed by atoms with E-state index in [9.17, 15) is 9.59 Å². The van der Waals surface area contributed by atoms with Gasteiger partial charge >= 0.3 is 6.03 Å². The number of hydrogen-bond acceptors (Lipinski definition) is 4. The van der Waals surface area contributed by atoms with E-state index in [2.05, 4.69) is 46.2 Å². The lowest BCUT2D eigenvalue weighted by Gasteiger charge is -2.29. The van der Waals surface area contributed by atoms with Crippen molar-refractivity contribution in [2.75, 3.05) is 36.4 Å². The highest BCUT2D eigenvalue weighted by molar-refractivity contribution is 7.08. The first kappa shape index (κ1) is 20.4. The van der Waals surface area contributed by atoms with E-state index in [0.29, 0.717) is 18.7 Å². The van der Waals surface area contributed by atoms with Crippen LogP contribution in [0.4, 0.5) is 16.2 Å². The van der Waals surface area contributed by atoms with Gasteiger partial charge in [-0.15, -0.1) is 0 Å². The second kappa shape index (κ2) is 9.71. The average molecular weight is 401 g/mol. The lowest BCUT2D eigenvalue weighted by Crippen LogP contribution is -2.39. The van der Waals surface area contributed by atoms with Crippen LogP contribution in [0.3, 0.4) is 0 Å². The highest BCUT2D eigenvalue weighted by Gasteiger charge is 2.22. The minimum Gasteiger partial charge on any atom is -0.336 e. The van der Waals surface area contributed by atoms with Crippen molar-refractivity contribution in [3.63, 3.8) is 0 Å². The van der Waals surface area contributed by atoms with Crippen LogP contribution in [0.25, 0.3) is 0 Å². The van der Waals surface area contributed by atoms with Crippen molar-refractivity contribution in [2.45, 2.75) is 32.7 Å². The van der Waals surface area contributed by atoms with E-state index in [-0.39, 0.29) is 18.0 Å². The topological polar surface area (TPSA) is 64.7 Å². The molecular formula is C21H28N4O2S. The molecule has 0 aliphatic carbocycles. The summed E-state index contributed by atoms with van der Waals surface area (Å²) in [6.07, 6.45) is 1.51. The normalized spacial score (nSPS) is 15.1. The molecule has 150 valence electrons. The van der Waals surface area contributed by atoms with Gasteiger partial charge in [0.15, 0.2) is 0 Å². The lowest BCUT2D eigenvalue weighted by molar-refractivity contribution is -0.117. The summed E-state index contributed by atoms with van der Waals surface area (Å²) in [5.41, 5.74) is 2.82. The number of likely N-dealkylation sites (N-methyl/N-ethyl adjacent to an activating group) is 1. The van der Waals surface area contributed by atoms with Crippen molar-refractivity contribution in [3.05, 3.63) is 46.7 Å². The summed E-state index contributed by atoms with van der Waals surface area (Å²) in [4.78, 5) is 28.3. The largest absolute Gasteiger partial charge is 0.336 e. The van der Waals surface area contributed by atoms with Crippen LogP contribution in [0.5, 0.6) is 0 Å². The molecule has 0 radical (unpaired) electrons. The molecule has 1 saturated heterocycles. The molecule has 1 aliphatic rings. The second-order valence-corrected chi connectivity index (χ2v) is 7.60. The minimum absolute atomic E-state index is 0.161. The third kappa shape index (κ3) is 4.91. The molecule has 1 aromatic carbocycles. The SMILES string of the molecule is CCN(CC)C(CNC(=O)Nc1ccc(N2CCCC2=O)cc1)c1ccsc1. The predicted octanol–water partition coefficient (Wildman–Crippen LogP) is 4.08. The van der Waals surface area contributed by atoms with Gasteiger partial charge < -0.3 is 15.5 Å². The van der Waals surface area contributed by atoms with Crippen molar-refractivity contribution in [2.24, 2.45) is 0 Å². The smallest absolute Gasteiger partial charge is 0.319 e. The number of carbonyl (C=O) groups is 2. The van der Waals surface area contributed by atoms with Gasteiger partial charge in [0, 0.05) is 30.9 Å². The first-order valence-electron chi connectivity index (χ1n) is 9.83. The van der Waals surface area contributed by atoms with Crippen molar-refractivity contribution >= 4 is 34.6 Å². The molecule has 0 saturated carbocycles. The van der Waals surface area contributed by atoms with Crippen LogP contribution in [0.15, 0.2) is 41.1 Å². The number of benzene rings is 1. The van der Waals surface area contributed by atoms with Crippen LogP contribution >= 0.6 is 11.3 Å². The fourth-order valence-corrected chi connectivity index (χ4v) is 4.30. The van der Waals surface area contributed by atoms with Gasteiger partial charge in [-0.25, -0.2) is 4.79 Å². The van der Waals surface area contributed by atoms with Crippen LogP contribution in [0.1, 0.15) is 38.3 Å². The summed E-state index contributed by atoms with van der Waals surface area (Å²) in [5.74, 6) is 0.161. The van der Waals surface area contributed by atoms with Gasteiger partial charge in [0.2, 0.25) is 5.91 Å².